The van der Waals surface area contributed by atoms with E-state index in [1.54, 1.807) is 6.07 Å². The molecule has 0 aliphatic rings. The van der Waals surface area contributed by atoms with E-state index in [9.17, 15) is 10.2 Å². The molecule has 1 aromatic heterocycles. The quantitative estimate of drug-likeness (QED) is 0.637. The second-order valence-corrected chi connectivity index (χ2v) is 4.17. The number of nitrogens with zero attached hydrogens (tertiary/aromatic N) is 2. The number of nitrogens with one attached hydrogen (secondary N) is 1. The van der Waals surface area contributed by atoms with Gasteiger partial charge < -0.3 is 20.3 Å². The van der Waals surface area contributed by atoms with Gasteiger partial charge in [0, 0.05) is 6.07 Å². The molecule has 0 fully saturated rings. The molecule has 0 aliphatic carbocycles. The third kappa shape index (κ3) is 3.82. The first-order chi connectivity index (χ1) is 8.69. The normalized spacial score (nSPS) is 11.3. The van der Waals surface area contributed by atoms with Crippen LogP contribution < -0.4 is 10.1 Å². The Morgan fingerprint density at radius 1 is 1.28 bits per heavy atom. The number of hydrogen-bond acceptors (Lipinski definition) is 6. The molecule has 0 spiro atoms. The standard InChI is InChI=1S/C12H21N3O3/c1-3-5-18-11-6-10(13-9-14-11)15-12(4-2,7-16)8-17/h6,9,16-17H,3-5,7-8H2,1-2H3,(H,13,14,15). The fourth-order valence-corrected chi connectivity index (χ4v) is 1.41. The zero-order valence-corrected chi connectivity index (χ0v) is 10.9. The van der Waals surface area contributed by atoms with Crippen LogP contribution in [0, 0.1) is 0 Å². The van der Waals surface area contributed by atoms with Crippen molar-refractivity contribution >= 4 is 5.82 Å². The monoisotopic (exact) mass is 255 g/mol. The molecule has 0 saturated carbocycles. The predicted molar refractivity (Wildman–Crippen MR) is 68.6 cm³/mol. The predicted octanol–water partition coefficient (Wildman–Crippen LogP) is 0.811. The van der Waals surface area contributed by atoms with Crippen molar-refractivity contribution in [2.75, 3.05) is 25.1 Å². The molecule has 0 amide bonds. The lowest BCUT2D eigenvalue weighted by Gasteiger charge is -2.30. The Morgan fingerprint density at radius 2 is 2.00 bits per heavy atom. The molecule has 102 valence electrons. The molecule has 0 aromatic carbocycles. The van der Waals surface area contributed by atoms with Crippen molar-refractivity contribution < 1.29 is 14.9 Å². The Balaban J connectivity index is 2.77. The van der Waals surface area contributed by atoms with Gasteiger partial charge in [0.05, 0.1) is 25.4 Å². The molecule has 1 aromatic rings. The van der Waals surface area contributed by atoms with Gasteiger partial charge in [-0.25, -0.2) is 9.97 Å². The third-order valence-electron chi connectivity index (χ3n) is 2.77. The number of aromatic nitrogens is 2. The minimum atomic E-state index is -0.767. The molecule has 1 heterocycles. The minimum absolute atomic E-state index is 0.171. The van der Waals surface area contributed by atoms with Crippen molar-refractivity contribution in [3.8, 4) is 5.88 Å². The van der Waals surface area contributed by atoms with E-state index >= 15 is 0 Å². The van der Waals surface area contributed by atoms with Crippen LogP contribution in [0.5, 0.6) is 5.88 Å². The second kappa shape index (κ2) is 7.13. The van der Waals surface area contributed by atoms with Gasteiger partial charge in [-0.1, -0.05) is 13.8 Å². The highest BCUT2D eigenvalue weighted by Gasteiger charge is 2.26. The summed E-state index contributed by atoms with van der Waals surface area (Å²) in [6, 6.07) is 1.66. The van der Waals surface area contributed by atoms with Gasteiger partial charge in [-0.3, -0.25) is 0 Å². The molecule has 0 saturated heterocycles. The van der Waals surface area contributed by atoms with Crippen molar-refractivity contribution in [3.05, 3.63) is 12.4 Å². The van der Waals surface area contributed by atoms with E-state index in [1.165, 1.54) is 6.33 Å². The summed E-state index contributed by atoms with van der Waals surface area (Å²) >= 11 is 0. The van der Waals surface area contributed by atoms with Gasteiger partial charge in [0.2, 0.25) is 5.88 Å². The highest BCUT2D eigenvalue weighted by atomic mass is 16.5. The average Bonchev–Trinajstić information content (AvgIpc) is 2.43. The van der Waals surface area contributed by atoms with Crippen LogP contribution in [0.4, 0.5) is 5.82 Å². The van der Waals surface area contributed by atoms with Gasteiger partial charge in [0.1, 0.15) is 12.1 Å². The van der Waals surface area contributed by atoms with Gasteiger partial charge in [-0.2, -0.15) is 0 Å². The summed E-state index contributed by atoms with van der Waals surface area (Å²) in [6.07, 6.45) is 2.87. The van der Waals surface area contributed by atoms with Gasteiger partial charge in [-0.05, 0) is 12.8 Å². The number of ether oxygens (including phenoxy) is 1. The number of rotatable bonds is 8. The maximum atomic E-state index is 9.35. The first-order valence-electron chi connectivity index (χ1n) is 6.14. The zero-order chi connectivity index (χ0) is 13.4. The molecular formula is C12H21N3O3. The fraction of sp³-hybridized carbons (Fsp3) is 0.667. The van der Waals surface area contributed by atoms with E-state index in [0.29, 0.717) is 24.7 Å². The Hall–Kier alpha value is -1.40. The van der Waals surface area contributed by atoms with Gasteiger partial charge >= 0.3 is 0 Å². The van der Waals surface area contributed by atoms with Crippen molar-refractivity contribution in [1.29, 1.82) is 0 Å². The van der Waals surface area contributed by atoms with Crippen LogP contribution in [-0.4, -0.2) is 45.5 Å². The lowest BCUT2D eigenvalue weighted by Crippen LogP contribution is -2.45. The smallest absolute Gasteiger partial charge is 0.218 e. The van der Waals surface area contributed by atoms with Crippen LogP contribution in [0.3, 0.4) is 0 Å². The Labute approximate surface area is 107 Å². The van der Waals surface area contributed by atoms with Crippen molar-refractivity contribution in [3.63, 3.8) is 0 Å². The zero-order valence-electron chi connectivity index (χ0n) is 10.9. The van der Waals surface area contributed by atoms with E-state index in [-0.39, 0.29) is 13.2 Å². The van der Waals surface area contributed by atoms with Gasteiger partial charge in [-0.15, -0.1) is 0 Å². The van der Waals surface area contributed by atoms with Crippen molar-refractivity contribution in [2.45, 2.75) is 32.2 Å². The molecule has 0 bridgehead atoms. The maximum Gasteiger partial charge on any atom is 0.218 e. The fourth-order valence-electron chi connectivity index (χ4n) is 1.41. The molecule has 6 nitrogen and oxygen atoms in total. The molecular weight excluding hydrogens is 234 g/mol. The van der Waals surface area contributed by atoms with E-state index < -0.39 is 5.54 Å². The summed E-state index contributed by atoms with van der Waals surface area (Å²) in [5, 5.41) is 21.7. The van der Waals surface area contributed by atoms with Crippen LogP contribution >= 0.6 is 0 Å². The van der Waals surface area contributed by atoms with E-state index in [4.69, 9.17) is 4.74 Å². The summed E-state index contributed by atoms with van der Waals surface area (Å²) in [4.78, 5) is 8.04. The SMILES string of the molecule is CCCOc1cc(NC(CC)(CO)CO)ncn1. The summed E-state index contributed by atoms with van der Waals surface area (Å²) < 4.78 is 5.40. The van der Waals surface area contributed by atoms with Crippen LogP contribution in [0.15, 0.2) is 12.4 Å². The second-order valence-electron chi connectivity index (χ2n) is 4.17. The van der Waals surface area contributed by atoms with Crippen LogP contribution in [0.2, 0.25) is 0 Å². The van der Waals surface area contributed by atoms with E-state index in [1.807, 2.05) is 13.8 Å². The Kier molecular flexibility index (Phi) is 5.80. The lowest BCUT2D eigenvalue weighted by molar-refractivity contribution is 0.132. The lowest BCUT2D eigenvalue weighted by atomic mass is 9.98. The van der Waals surface area contributed by atoms with Gasteiger partial charge in [0.25, 0.3) is 0 Å². The number of aliphatic hydroxyl groups is 2. The molecule has 0 atom stereocenters. The topological polar surface area (TPSA) is 87.5 Å². The largest absolute Gasteiger partial charge is 0.478 e. The summed E-state index contributed by atoms with van der Waals surface area (Å²) in [6.45, 7) is 4.15. The van der Waals surface area contributed by atoms with Crippen molar-refractivity contribution in [2.24, 2.45) is 0 Å². The third-order valence-corrected chi connectivity index (χ3v) is 2.77. The number of hydrogen-bond donors (Lipinski definition) is 3. The first kappa shape index (κ1) is 14.7. The highest BCUT2D eigenvalue weighted by molar-refractivity contribution is 5.40. The van der Waals surface area contributed by atoms with Crippen molar-refractivity contribution in [1.82, 2.24) is 9.97 Å². The molecule has 1 rings (SSSR count). The van der Waals surface area contributed by atoms with E-state index in [0.717, 1.165) is 6.42 Å². The molecule has 0 radical (unpaired) electrons. The molecule has 0 unspecified atom stereocenters. The first-order valence-corrected chi connectivity index (χ1v) is 6.14. The average molecular weight is 255 g/mol. The summed E-state index contributed by atoms with van der Waals surface area (Å²) in [5.41, 5.74) is -0.767. The Bertz CT molecular complexity index is 348. The van der Waals surface area contributed by atoms with Crippen LogP contribution in [0.25, 0.3) is 0 Å². The molecule has 6 heteroatoms. The number of aliphatic hydroxyl groups excluding tert-OH is 2. The maximum absolute atomic E-state index is 9.35. The molecule has 0 aliphatic heterocycles. The minimum Gasteiger partial charge on any atom is -0.478 e. The molecule has 3 N–H and O–H groups in total. The van der Waals surface area contributed by atoms with E-state index in [2.05, 4.69) is 15.3 Å². The molecule has 18 heavy (non-hydrogen) atoms. The number of anilines is 1. The van der Waals surface area contributed by atoms with Gasteiger partial charge in [0.15, 0.2) is 0 Å². The Morgan fingerprint density at radius 3 is 2.56 bits per heavy atom. The van der Waals surface area contributed by atoms with Crippen LogP contribution in [0.1, 0.15) is 26.7 Å². The summed E-state index contributed by atoms with van der Waals surface area (Å²) in [7, 11) is 0. The highest BCUT2D eigenvalue weighted by Crippen LogP contribution is 2.18. The summed E-state index contributed by atoms with van der Waals surface area (Å²) in [5.74, 6) is 1.01. The van der Waals surface area contributed by atoms with Crippen LogP contribution in [-0.2, 0) is 0 Å².